The number of fused-ring (bicyclic) bond motifs is 1. The second-order valence-corrected chi connectivity index (χ2v) is 5.58. The van der Waals surface area contributed by atoms with Crippen molar-refractivity contribution in [3.05, 3.63) is 63.6 Å². The highest BCUT2D eigenvalue weighted by molar-refractivity contribution is 5.93. The molecule has 0 bridgehead atoms. The molecule has 2 heterocycles. The molecule has 1 atom stereocenters. The SMILES string of the molecule is Cc1ccc(C(=O)NCC2COc3ccccc3C2)c(=O)[nH]1. The lowest BCUT2D eigenvalue weighted by molar-refractivity contribution is 0.0937. The molecule has 114 valence electrons. The van der Waals surface area contributed by atoms with Gasteiger partial charge >= 0.3 is 0 Å². The maximum atomic E-state index is 12.1. The van der Waals surface area contributed by atoms with E-state index in [1.165, 1.54) is 0 Å². The number of para-hydroxylation sites is 1. The van der Waals surface area contributed by atoms with Gasteiger partial charge in [-0.1, -0.05) is 18.2 Å². The molecule has 1 aromatic carbocycles. The first-order valence-electron chi connectivity index (χ1n) is 7.32. The van der Waals surface area contributed by atoms with Crippen molar-refractivity contribution < 1.29 is 9.53 Å². The van der Waals surface area contributed by atoms with Gasteiger partial charge in [-0.05, 0) is 37.1 Å². The number of aromatic nitrogens is 1. The predicted octanol–water partition coefficient (Wildman–Crippen LogP) is 1.66. The maximum Gasteiger partial charge on any atom is 0.260 e. The van der Waals surface area contributed by atoms with Crippen LogP contribution in [0.3, 0.4) is 0 Å². The van der Waals surface area contributed by atoms with Gasteiger partial charge in [0.25, 0.3) is 11.5 Å². The third kappa shape index (κ3) is 3.03. The molecule has 1 unspecified atom stereocenters. The summed E-state index contributed by atoms with van der Waals surface area (Å²) in [6.07, 6.45) is 0.862. The summed E-state index contributed by atoms with van der Waals surface area (Å²) in [5, 5.41) is 2.82. The first kappa shape index (κ1) is 14.4. The second-order valence-electron chi connectivity index (χ2n) is 5.58. The molecule has 0 aliphatic carbocycles. The van der Waals surface area contributed by atoms with Crippen LogP contribution in [0, 0.1) is 12.8 Å². The molecular formula is C17H18N2O3. The Labute approximate surface area is 128 Å². The predicted molar refractivity (Wildman–Crippen MR) is 83.3 cm³/mol. The van der Waals surface area contributed by atoms with Gasteiger partial charge in [0.15, 0.2) is 0 Å². The summed E-state index contributed by atoms with van der Waals surface area (Å²) in [6, 6.07) is 11.2. The van der Waals surface area contributed by atoms with Crippen molar-refractivity contribution in [2.24, 2.45) is 5.92 Å². The fourth-order valence-corrected chi connectivity index (χ4v) is 2.61. The van der Waals surface area contributed by atoms with Gasteiger partial charge in [0.2, 0.25) is 0 Å². The first-order valence-corrected chi connectivity index (χ1v) is 7.32. The van der Waals surface area contributed by atoms with Crippen LogP contribution in [0.25, 0.3) is 0 Å². The van der Waals surface area contributed by atoms with Gasteiger partial charge in [-0.3, -0.25) is 9.59 Å². The van der Waals surface area contributed by atoms with E-state index in [0.717, 1.165) is 23.4 Å². The molecule has 1 aliphatic rings. The molecule has 0 saturated heterocycles. The van der Waals surface area contributed by atoms with E-state index in [-0.39, 0.29) is 22.9 Å². The Bertz CT molecular complexity index is 752. The minimum absolute atomic E-state index is 0.141. The van der Waals surface area contributed by atoms with Crippen molar-refractivity contribution in [1.29, 1.82) is 0 Å². The number of carbonyl (C=O) groups is 1. The number of benzene rings is 1. The van der Waals surface area contributed by atoms with Crippen LogP contribution in [-0.4, -0.2) is 24.0 Å². The number of H-pyrrole nitrogens is 1. The molecule has 1 amide bonds. The summed E-state index contributed by atoms with van der Waals surface area (Å²) < 4.78 is 5.69. The largest absolute Gasteiger partial charge is 0.493 e. The molecule has 22 heavy (non-hydrogen) atoms. The maximum absolute atomic E-state index is 12.1. The molecule has 1 aliphatic heterocycles. The van der Waals surface area contributed by atoms with Gasteiger partial charge in [0.1, 0.15) is 11.3 Å². The average Bonchev–Trinajstić information content (AvgIpc) is 2.52. The van der Waals surface area contributed by atoms with Crippen molar-refractivity contribution in [1.82, 2.24) is 10.3 Å². The van der Waals surface area contributed by atoms with E-state index in [2.05, 4.69) is 10.3 Å². The van der Waals surface area contributed by atoms with E-state index in [1.807, 2.05) is 24.3 Å². The zero-order chi connectivity index (χ0) is 15.5. The van der Waals surface area contributed by atoms with Crippen molar-refractivity contribution >= 4 is 5.91 Å². The van der Waals surface area contributed by atoms with Gasteiger partial charge in [0.05, 0.1) is 6.61 Å². The summed E-state index contributed by atoms with van der Waals surface area (Å²) in [7, 11) is 0. The third-order valence-electron chi connectivity index (χ3n) is 3.81. The number of amides is 1. The smallest absolute Gasteiger partial charge is 0.260 e. The molecule has 2 N–H and O–H groups in total. The van der Waals surface area contributed by atoms with Crippen LogP contribution in [0.15, 0.2) is 41.2 Å². The van der Waals surface area contributed by atoms with Crippen molar-refractivity contribution in [3.8, 4) is 5.75 Å². The van der Waals surface area contributed by atoms with Gasteiger partial charge in [-0.15, -0.1) is 0 Å². The number of aromatic amines is 1. The number of aryl methyl sites for hydroxylation is 1. The summed E-state index contributed by atoms with van der Waals surface area (Å²) >= 11 is 0. The number of nitrogens with one attached hydrogen (secondary N) is 2. The van der Waals surface area contributed by atoms with Crippen molar-refractivity contribution in [2.75, 3.05) is 13.2 Å². The van der Waals surface area contributed by atoms with E-state index >= 15 is 0 Å². The van der Waals surface area contributed by atoms with E-state index < -0.39 is 0 Å². The normalized spacial score (nSPS) is 16.5. The summed E-state index contributed by atoms with van der Waals surface area (Å²) in [6.45, 7) is 2.84. The molecule has 0 spiro atoms. The number of hydrogen-bond acceptors (Lipinski definition) is 3. The van der Waals surface area contributed by atoms with Crippen molar-refractivity contribution in [3.63, 3.8) is 0 Å². The highest BCUT2D eigenvalue weighted by atomic mass is 16.5. The molecule has 1 aromatic heterocycles. The monoisotopic (exact) mass is 298 g/mol. The molecule has 0 fully saturated rings. The number of carbonyl (C=O) groups excluding carboxylic acids is 1. The van der Waals surface area contributed by atoms with Crippen LogP contribution < -0.4 is 15.6 Å². The third-order valence-corrected chi connectivity index (χ3v) is 3.81. The topological polar surface area (TPSA) is 71.2 Å². The Morgan fingerprint density at radius 2 is 2.14 bits per heavy atom. The summed E-state index contributed by atoms with van der Waals surface area (Å²) in [5.74, 6) is 0.781. The first-order chi connectivity index (χ1) is 10.6. The van der Waals surface area contributed by atoms with Gasteiger partial charge in [0, 0.05) is 18.2 Å². The van der Waals surface area contributed by atoms with Crippen LogP contribution >= 0.6 is 0 Å². The van der Waals surface area contributed by atoms with Gasteiger partial charge in [-0.2, -0.15) is 0 Å². The Hall–Kier alpha value is -2.56. The van der Waals surface area contributed by atoms with Gasteiger partial charge < -0.3 is 15.0 Å². The summed E-state index contributed by atoms with van der Waals surface area (Å²) in [4.78, 5) is 26.5. The Kier molecular flexibility index (Phi) is 3.96. The Balaban J connectivity index is 1.61. The van der Waals surface area contributed by atoms with E-state index in [1.54, 1.807) is 19.1 Å². The quantitative estimate of drug-likeness (QED) is 0.905. The second kappa shape index (κ2) is 6.05. The van der Waals surface area contributed by atoms with Crippen LogP contribution in [0.4, 0.5) is 0 Å². The fourth-order valence-electron chi connectivity index (χ4n) is 2.61. The highest BCUT2D eigenvalue weighted by Gasteiger charge is 2.20. The zero-order valence-electron chi connectivity index (χ0n) is 12.4. The van der Waals surface area contributed by atoms with Crippen LogP contribution in [0.5, 0.6) is 5.75 Å². The molecule has 0 radical (unpaired) electrons. The molecule has 5 nitrogen and oxygen atoms in total. The lowest BCUT2D eigenvalue weighted by Crippen LogP contribution is -2.36. The molecule has 5 heteroatoms. The number of pyridine rings is 1. The minimum Gasteiger partial charge on any atom is -0.493 e. The Morgan fingerprint density at radius 3 is 2.95 bits per heavy atom. The number of hydrogen-bond donors (Lipinski definition) is 2. The summed E-state index contributed by atoms with van der Waals surface area (Å²) in [5.41, 5.74) is 1.67. The molecular weight excluding hydrogens is 280 g/mol. The lowest BCUT2D eigenvalue weighted by Gasteiger charge is -2.25. The molecule has 2 aromatic rings. The van der Waals surface area contributed by atoms with E-state index in [0.29, 0.717) is 13.2 Å². The minimum atomic E-state index is -0.359. The van der Waals surface area contributed by atoms with Crippen LogP contribution in [0.1, 0.15) is 21.6 Å². The van der Waals surface area contributed by atoms with Crippen LogP contribution in [-0.2, 0) is 6.42 Å². The van der Waals surface area contributed by atoms with Crippen LogP contribution in [0.2, 0.25) is 0 Å². The van der Waals surface area contributed by atoms with E-state index in [9.17, 15) is 9.59 Å². The fraction of sp³-hybridized carbons (Fsp3) is 0.294. The molecule has 3 rings (SSSR count). The standard InChI is InChI=1S/C17H18N2O3/c1-11-6-7-14(17(21)19-11)16(20)18-9-12-8-13-4-2-3-5-15(13)22-10-12/h2-7,12H,8-10H2,1H3,(H,18,20)(H,19,21). The van der Waals surface area contributed by atoms with Crippen molar-refractivity contribution in [2.45, 2.75) is 13.3 Å². The number of rotatable bonds is 3. The zero-order valence-corrected chi connectivity index (χ0v) is 12.4. The highest BCUT2D eigenvalue weighted by Crippen LogP contribution is 2.26. The molecule has 0 saturated carbocycles. The lowest BCUT2D eigenvalue weighted by atomic mass is 9.96. The van der Waals surface area contributed by atoms with E-state index in [4.69, 9.17) is 4.74 Å². The number of ether oxygens (including phenoxy) is 1. The Morgan fingerprint density at radius 1 is 1.32 bits per heavy atom. The average molecular weight is 298 g/mol. The van der Waals surface area contributed by atoms with Gasteiger partial charge in [-0.25, -0.2) is 0 Å².